The number of anilines is 1. The number of amides is 1. The molecule has 1 aromatic carbocycles. The lowest BCUT2D eigenvalue weighted by molar-refractivity contribution is -0.120. The quantitative estimate of drug-likeness (QED) is 0.705. The van der Waals surface area contributed by atoms with Crippen molar-refractivity contribution in [3.63, 3.8) is 0 Å². The largest absolute Gasteiger partial charge is 0.385 e. The predicted octanol–water partition coefficient (Wildman–Crippen LogP) is 2.36. The van der Waals surface area contributed by atoms with E-state index in [9.17, 15) is 4.79 Å². The van der Waals surface area contributed by atoms with Crippen LogP contribution in [0.2, 0.25) is 0 Å². The first-order valence-electron chi connectivity index (χ1n) is 7.24. The highest BCUT2D eigenvalue weighted by Gasteiger charge is 2.07. The molecule has 0 unspecified atom stereocenters. The highest BCUT2D eigenvalue weighted by atomic mass is 16.5. The summed E-state index contributed by atoms with van der Waals surface area (Å²) in [5.74, 6) is 0.104. The number of methoxy groups -OCH3 is 1. The number of aryl methyl sites for hydroxylation is 1. The Morgan fingerprint density at radius 2 is 2.20 bits per heavy atom. The summed E-state index contributed by atoms with van der Waals surface area (Å²) in [7, 11) is 1.67. The molecule has 0 saturated carbocycles. The fourth-order valence-electron chi connectivity index (χ4n) is 2.06. The van der Waals surface area contributed by atoms with Crippen molar-refractivity contribution < 1.29 is 9.53 Å². The van der Waals surface area contributed by atoms with Crippen molar-refractivity contribution in [2.75, 3.05) is 38.3 Å². The second-order valence-electron chi connectivity index (χ2n) is 4.86. The van der Waals surface area contributed by atoms with E-state index in [1.165, 1.54) is 11.3 Å². The minimum atomic E-state index is 0.104. The van der Waals surface area contributed by atoms with Gasteiger partial charge >= 0.3 is 0 Å². The fraction of sp³-hybridized carbons (Fsp3) is 0.562. The molecule has 112 valence electrons. The van der Waals surface area contributed by atoms with Gasteiger partial charge in [0.25, 0.3) is 0 Å². The van der Waals surface area contributed by atoms with Crippen LogP contribution in [0.1, 0.15) is 25.3 Å². The Bertz CT molecular complexity index is 407. The molecule has 0 spiro atoms. The molecule has 0 heterocycles. The Morgan fingerprint density at radius 1 is 1.40 bits per heavy atom. The smallest absolute Gasteiger partial charge is 0.221 e. The molecule has 0 aliphatic heterocycles. The van der Waals surface area contributed by atoms with Crippen LogP contribution in [-0.2, 0) is 9.53 Å². The molecule has 0 aromatic heterocycles. The highest BCUT2D eigenvalue weighted by molar-refractivity contribution is 5.76. The van der Waals surface area contributed by atoms with Gasteiger partial charge in [-0.2, -0.15) is 0 Å². The topological polar surface area (TPSA) is 41.6 Å². The number of ether oxygens (including phenoxy) is 1. The average Bonchev–Trinajstić information content (AvgIpc) is 2.44. The van der Waals surface area contributed by atoms with Gasteiger partial charge in [-0.25, -0.2) is 0 Å². The van der Waals surface area contributed by atoms with E-state index in [1.54, 1.807) is 7.11 Å². The zero-order chi connectivity index (χ0) is 14.8. The van der Waals surface area contributed by atoms with Crippen molar-refractivity contribution in [3.8, 4) is 0 Å². The lowest BCUT2D eigenvalue weighted by Gasteiger charge is -2.23. The Kier molecular flexibility index (Phi) is 7.73. The molecule has 0 fully saturated rings. The standard InChI is InChI=1S/C16H26N2O2/c1-4-18(15-8-5-7-14(2)13-15)11-9-16(19)17-10-6-12-20-3/h5,7-8,13H,4,6,9-12H2,1-3H3,(H,17,19). The van der Waals surface area contributed by atoms with Crippen molar-refractivity contribution in [3.05, 3.63) is 29.8 Å². The molecule has 1 N–H and O–H groups in total. The summed E-state index contributed by atoms with van der Waals surface area (Å²) in [6, 6.07) is 8.38. The third-order valence-corrected chi connectivity index (χ3v) is 3.20. The Morgan fingerprint density at radius 3 is 2.85 bits per heavy atom. The maximum Gasteiger partial charge on any atom is 0.221 e. The fourth-order valence-corrected chi connectivity index (χ4v) is 2.06. The molecule has 0 saturated heterocycles. The lowest BCUT2D eigenvalue weighted by Crippen LogP contribution is -2.31. The predicted molar refractivity (Wildman–Crippen MR) is 83.2 cm³/mol. The van der Waals surface area contributed by atoms with E-state index in [4.69, 9.17) is 4.74 Å². The van der Waals surface area contributed by atoms with Crippen LogP contribution < -0.4 is 10.2 Å². The minimum absolute atomic E-state index is 0.104. The molecule has 0 aliphatic carbocycles. The number of nitrogens with one attached hydrogen (secondary N) is 1. The molecule has 20 heavy (non-hydrogen) atoms. The second-order valence-corrected chi connectivity index (χ2v) is 4.86. The van der Waals surface area contributed by atoms with Crippen molar-refractivity contribution in [2.45, 2.75) is 26.7 Å². The number of carbonyl (C=O) groups excluding carboxylic acids is 1. The van der Waals surface area contributed by atoms with E-state index in [2.05, 4.69) is 48.3 Å². The van der Waals surface area contributed by atoms with Crippen LogP contribution in [0.4, 0.5) is 5.69 Å². The van der Waals surface area contributed by atoms with Crippen molar-refractivity contribution in [1.82, 2.24) is 5.32 Å². The molecule has 4 heteroatoms. The molecular weight excluding hydrogens is 252 g/mol. The molecule has 1 rings (SSSR count). The summed E-state index contributed by atoms with van der Waals surface area (Å²) >= 11 is 0. The van der Waals surface area contributed by atoms with Crippen LogP contribution in [-0.4, -0.2) is 39.3 Å². The normalized spacial score (nSPS) is 10.3. The van der Waals surface area contributed by atoms with E-state index in [0.717, 1.165) is 19.5 Å². The van der Waals surface area contributed by atoms with E-state index in [-0.39, 0.29) is 5.91 Å². The van der Waals surface area contributed by atoms with E-state index < -0.39 is 0 Å². The SMILES string of the molecule is CCN(CCC(=O)NCCCOC)c1cccc(C)c1. The van der Waals surface area contributed by atoms with Gasteiger partial charge in [-0.05, 0) is 38.0 Å². The number of benzene rings is 1. The summed E-state index contributed by atoms with van der Waals surface area (Å²) in [4.78, 5) is 14.0. The molecule has 0 atom stereocenters. The van der Waals surface area contributed by atoms with Crippen molar-refractivity contribution in [1.29, 1.82) is 0 Å². The molecule has 0 aliphatic rings. The van der Waals surface area contributed by atoms with Gasteiger partial charge in [0.2, 0.25) is 5.91 Å². The monoisotopic (exact) mass is 278 g/mol. The average molecular weight is 278 g/mol. The summed E-state index contributed by atoms with van der Waals surface area (Å²) in [6.45, 7) is 7.21. The number of rotatable bonds is 9. The van der Waals surface area contributed by atoms with Crippen LogP contribution in [0.15, 0.2) is 24.3 Å². The Balaban J connectivity index is 2.36. The Labute approximate surface area is 122 Å². The van der Waals surface area contributed by atoms with Gasteiger partial charge in [0.05, 0.1) is 0 Å². The van der Waals surface area contributed by atoms with Gasteiger partial charge in [0.1, 0.15) is 0 Å². The van der Waals surface area contributed by atoms with Gasteiger partial charge in [-0.1, -0.05) is 12.1 Å². The van der Waals surface area contributed by atoms with Crippen LogP contribution in [0.5, 0.6) is 0 Å². The maximum absolute atomic E-state index is 11.7. The summed E-state index contributed by atoms with van der Waals surface area (Å²) in [5, 5.41) is 2.91. The zero-order valence-corrected chi connectivity index (χ0v) is 12.8. The maximum atomic E-state index is 11.7. The summed E-state index contributed by atoms with van der Waals surface area (Å²) in [5.41, 5.74) is 2.42. The van der Waals surface area contributed by atoms with Crippen LogP contribution >= 0.6 is 0 Å². The number of nitrogens with zero attached hydrogens (tertiary/aromatic N) is 1. The highest BCUT2D eigenvalue weighted by Crippen LogP contribution is 2.15. The lowest BCUT2D eigenvalue weighted by atomic mass is 10.2. The number of carbonyl (C=O) groups is 1. The summed E-state index contributed by atoms with van der Waals surface area (Å²) in [6.07, 6.45) is 1.38. The van der Waals surface area contributed by atoms with E-state index in [0.29, 0.717) is 19.6 Å². The number of hydrogen-bond acceptors (Lipinski definition) is 3. The number of hydrogen-bond donors (Lipinski definition) is 1. The third kappa shape index (κ3) is 6.06. The summed E-state index contributed by atoms with van der Waals surface area (Å²) < 4.78 is 4.95. The van der Waals surface area contributed by atoms with Crippen LogP contribution in [0.25, 0.3) is 0 Å². The first-order valence-corrected chi connectivity index (χ1v) is 7.24. The van der Waals surface area contributed by atoms with Crippen LogP contribution in [0, 0.1) is 6.92 Å². The first kappa shape index (κ1) is 16.5. The molecule has 0 radical (unpaired) electrons. The second kappa shape index (κ2) is 9.37. The van der Waals surface area contributed by atoms with Gasteiger partial charge < -0.3 is 15.0 Å². The van der Waals surface area contributed by atoms with Gasteiger partial charge in [0.15, 0.2) is 0 Å². The molecular formula is C16H26N2O2. The zero-order valence-electron chi connectivity index (χ0n) is 12.8. The Hall–Kier alpha value is -1.55. The molecule has 0 bridgehead atoms. The van der Waals surface area contributed by atoms with E-state index in [1.807, 2.05) is 0 Å². The van der Waals surface area contributed by atoms with Crippen molar-refractivity contribution >= 4 is 11.6 Å². The van der Waals surface area contributed by atoms with Crippen LogP contribution in [0.3, 0.4) is 0 Å². The minimum Gasteiger partial charge on any atom is -0.385 e. The van der Waals surface area contributed by atoms with Gasteiger partial charge in [0, 0.05) is 45.5 Å². The van der Waals surface area contributed by atoms with E-state index >= 15 is 0 Å². The van der Waals surface area contributed by atoms with Crippen molar-refractivity contribution in [2.24, 2.45) is 0 Å². The van der Waals surface area contributed by atoms with Gasteiger partial charge in [-0.3, -0.25) is 4.79 Å². The molecule has 4 nitrogen and oxygen atoms in total. The molecule has 1 amide bonds. The first-order chi connectivity index (χ1) is 9.67. The van der Waals surface area contributed by atoms with Gasteiger partial charge in [-0.15, -0.1) is 0 Å². The third-order valence-electron chi connectivity index (χ3n) is 3.20. The molecule has 1 aromatic rings.